The number of amides is 1. The molecule has 1 aromatic carbocycles. The Kier molecular flexibility index (Phi) is 4.36. The minimum absolute atomic E-state index is 0.303. The van der Waals surface area contributed by atoms with Crippen LogP contribution in [0.4, 0.5) is 5.00 Å². The monoisotopic (exact) mass is 405 g/mol. The number of nitrogens with zero attached hydrogens (tertiary/aromatic N) is 2. The van der Waals surface area contributed by atoms with Crippen LogP contribution < -0.4 is 10.1 Å². The number of hydrogen-bond acceptors (Lipinski definition) is 6. The second kappa shape index (κ2) is 7.05. The van der Waals surface area contributed by atoms with E-state index in [2.05, 4.69) is 16.5 Å². The lowest BCUT2D eigenvalue weighted by molar-refractivity contribution is 0.101. The molecule has 6 nitrogen and oxygen atoms in total. The molecule has 0 aliphatic heterocycles. The molecule has 0 unspecified atom stereocenters. The Labute approximate surface area is 172 Å². The molecule has 146 valence electrons. The largest absolute Gasteiger partial charge is 0.497 e. The van der Waals surface area contributed by atoms with E-state index in [1.54, 1.807) is 7.11 Å². The van der Waals surface area contributed by atoms with Gasteiger partial charge in [0.25, 0.3) is 5.91 Å². The van der Waals surface area contributed by atoms with Crippen molar-refractivity contribution in [3.8, 4) is 23.1 Å². The number of anilines is 1. The van der Waals surface area contributed by atoms with Crippen LogP contribution in [-0.2, 0) is 25.7 Å². The summed E-state index contributed by atoms with van der Waals surface area (Å²) < 4.78 is 10.9. The van der Waals surface area contributed by atoms with Crippen molar-refractivity contribution in [2.24, 2.45) is 0 Å². The second-order valence-electron chi connectivity index (χ2n) is 7.34. The predicted octanol–water partition coefficient (Wildman–Crippen LogP) is 4.51. The van der Waals surface area contributed by atoms with Crippen LogP contribution in [0.25, 0.3) is 11.3 Å². The maximum atomic E-state index is 13.0. The van der Waals surface area contributed by atoms with Gasteiger partial charge in [-0.3, -0.25) is 4.79 Å². The highest BCUT2D eigenvalue weighted by molar-refractivity contribution is 7.16. The third-order valence-corrected chi connectivity index (χ3v) is 6.92. The Bertz CT molecular complexity index is 1170. The number of ether oxygens (including phenoxy) is 1. The van der Waals surface area contributed by atoms with E-state index < -0.39 is 0 Å². The number of nitriles is 1. The van der Waals surface area contributed by atoms with Crippen LogP contribution >= 0.6 is 11.3 Å². The fourth-order valence-corrected chi connectivity index (χ4v) is 5.49. The zero-order chi connectivity index (χ0) is 20.0. The maximum absolute atomic E-state index is 13.0. The predicted molar refractivity (Wildman–Crippen MR) is 110 cm³/mol. The minimum Gasteiger partial charge on any atom is -0.497 e. The molecule has 2 aliphatic carbocycles. The van der Waals surface area contributed by atoms with E-state index in [0.29, 0.717) is 28.4 Å². The summed E-state index contributed by atoms with van der Waals surface area (Å²) >= 11 is 1.52. The molecule has 2 heterocycles. The first-order chi connectivity index (χ1) is 14.2. The topological polar surface area (TPSA) is 88.1 Å². The molecule has 0 saturated carbocycles. The highest BCUT2D eigenvalue weighted by Gasteiger charge is 2.29. The number of carbonyl (C=O) groups is 1. The molecule has 0 radical (unpaired) electrons. The Hall–Kier alpha value is -3.11. The van der Waals surface area contributed by atoms with Gasteiger partial charge in [0.05, 0.1) is 12.7 Å². The summed E-state index contributed by atoms with van der Waals surface area (Å²) in [5, 5.41) is 17.2. The van der Waals surface area contributed by atoms with E-state index in [0.717, 1.165) is 60.1 Å². The quantitative estimate of drug-likeness (QED) is 0.692. The van der Waals surface area contributed by atoms with Gasteiger partial charge in [-0.15, -0.1) is 11.3 Å². The normalized spacial score (nSPS) is 14.3. The number of fused-ring (bicyclic) bond motifs is 4. The number of aryl methyl sites for hydroxylation is 2. The summed E-state index contributed by atoms with van der Waals surface area (Å²) in [6.07, 6.45) is 5.57. The number of nitrogens with one attached hydrogen (secondary N) is 1. The second-order valence-corrected chi connectivity index (χ2v) is 8.45. The molecule has 2 aliphatic rings. The molecule has 3 aromatic rings. The number of hydrogen-bond donors (Lipinski definition) is 1. The van der Waals surface area contributed by atoms with E-state index in [-0.39, 0.29) is 5.91 Å². The molecule has 0 saturated heterocycles. The lowest BCUT2D eigenvalue weighted by Crippen LogP contribution is -2.16. The summed E-state index contributed by atoms with van der Waals surface area (Å²) in [7, 11) is 1.64. The Morgan fingerprint density at radius 3 is 2.93 bits per heavy atom. The molecular formula is C22H19N3O3S. The zero-order valence-corrected chi connectivity index (χ0v) is 16.8. The first kappa shape index (κ1) is 18.0. The van der Waals surface area contributed by atoms with Gasteiger partial charge in [0.2, 0.25) is 0 Å². The standard InChI is InChI=1S/C22H19N3O3S/c1-27-13-7-9-14-12(10-13)6-8-16-19(25-28-20(14)16)21(26)24-22-17(11-23)15-4-2-3-5-18(15)29-22/h7,9-10H,2-6,8H2,1H3,(H,24,26). The summed E-state index contributed by atoms with van der Waals surface area (Å²) in [5.41, 5.74) is 4.90. The Morgan fingerprint density at radius 1 is 1.24 bits per heavy atom. The van der Waals surface area contributed by atoms with Crippen molar-refractivity contribution >= 4 is 22.2 Å². The van der Waals surface area contributed by atoms with Crippen LogP contribution in [0.1, 0.15) is 50.5 Å². The average Bonchev–Trinajstić information content (AvgIpc) is 3.34. The molecular weight excluding hydrogens is 386 g/mol. The summed E-state index contributed by atoms with van der Waals surface area (Å²) in [6.45, 7) is 0. The van der Waals surface area contributed by atoms with Crippen molar-refractivity contribution in [3.05, 3.63) is 51.0 Å². The van der Waals surface area contributed by atoms with Gasteiger partial charge < -0.3 is 14.6 Å². The van der Waals surface area contributed by atoms with Gasteiger partial charge in [-0.1, -0.05) is 5.16 Å². The fourth-order valence-electron chi connectivity index (χ4n) is 4.25. The van der Waals surface area contributed by atoms with Crippen molar-refractivity contribution < 1.29 is 14.1 Å². The van der Waals surface area contributed by atoms with E-state index >= 15 is 0 Å². The maximum Gasteiger partial charge on any atom is 0.278 e. The van der Waals surface area contributed by atoms with Crippen LogP contribution in [-0.4, -0.2) is 18.2 Å². The molecule has 29 heavy (non-hydrogen) atoms. The van der Waals surface area contributed by atoms with Crippen molar-refractivity contribution in [2.45, 2.75) is 38.5 Å². The van der Waals surface area contributed by atoms with Gasteiger partial charge in [-0.2, -0.15) is 5.26 Å². The van der Waals surface area contributed by atoms with Crippen molar-refractivity contribution in [3.63, 3.8) is 0 Å². The Morgan fingerprint density at radius 2 is 2.10 bits per heavy atom. The molecule has 0 bridgehead atoms. The number of benzene rings is 1. The molecule has 0 fully saturated rings. The fraction of sp³-hybridized carbons (Fsp3) is 0.318. The average molecular weight is 405 g/mol. The molecule has 7 heteroatoms. The zero-order valence-electron chi connectivity index (χ0n) is 16.0. The molecule has 5 rings (SSSR count). The van der Waals surface area contributed by atoms with Crippen molar-refractivity contribution in [1.82, 2.24) is 5.16 Å². The number of thiophene rings is 1. The van der Waals surface area contributed by atoms with Gasteiger partial charge >= 0.3 is 0 Å². The van der Waals surface area contributed by atoms with Gasteiger partial charge in [0.1, 0.15) is 16.8 Å². The number of aromatic nitrogens is 1. The number of carbonyl (C=O) groups excluding carboxylic acids is 1. The summed E-state index contributed by atoms with van der Waals surface area (Å²) in [6, 6.07) is 8.10. The van der Waals surface area contributed by atoms with Crippen molar-refractivity contribution in [1.29, 1.82) is 5.26 Å². The molecule has 1 amide bonds. The lowest BCUT2D eigenvalue weighted by Gasteiger charge is -2.15. The highest BCUT2D eigenvalue weighted by atomic mass is 32.1. The van der Waals surface area contributed by atoms with Gasteiger partial charge in [-0.05, 0) is 67.9 Å². The van der Waals surface area contributed by atoms with Gasteiger partial charge in [-0.25, -0.2) is 0 Å². The highest BCUT2D eigenvalue weighted by Crippen LogP contribution is 2.39. The smallest absolute Gasteiger partial charge is 0.278 e. The van der Waals surface area contributed by atoms with Crippen molar-refractivity contribution in [2.75, 3.05) is 12.4 Å². The van der Waals surface area contributed by atoms with Crippen LogP contribution in [0.2, 0.25) is 0 Å². The molecule has 0 atom stereocenters. The Balaban J connectivity index is 1.46. The third kappa shape index (κ3) is 2.91. The van der Waals surface area contributed by atoms with E-state index in [1.165, 1.54) is 16.2 Å². The molecule has 2 aromatic heterocycles. The third-order valence-electron chi connectivity index (χ3n) is 5.71. The van der Waals surface area contributed by atoms with E-state index in [1.807, 2.05) is 18.2 Å². The first-order valence-corrected chi connectivity index (χ1v) is 10.5. The van der Waals surface area contributed by atoms with Gasteiger partial charge in [0.15, 0.2) is 11.5 Å². The van der Waals surface area contributed by atoms with Crippen LogP contribution in [0, 0.1) is 11.3 Å². The lowest BCUT2D eigenvalue weighted by atomic mass is 9.89. The van der Waals surface area contributed by atoms with E-state index in [9.17, 15) is 10.1 Å². The number of rotatable bonds is 3. The molecule has 1 N–H and O–H groups in total. The van der Waals surface area contributed by atoms with E-state index in [4.69, 9.17) is 9.26 Å². The first-order valence-electron chi connectivity index (χ1n) is 9.71. The minimum atomic E-state index is -0.318. The van der Waals surface area contributed by atoms with Crippen LogP contribution in [0.3, 0.4) is 0 Å². The van der Waals surface area contributed by atoms with Crippen LogP contribution in [0.5, 0.6) is 5.75 Å². The SMILES string of the molecule is COc1ccc2c(c1)CCc1c(C(=O)Nc3sc4c(c3C#N)CCCC4)noc1-2. The summed E-state index contributed by atoms with van der Waals surface area (Å²) in [5.74, 6) is 1.13. The summed E-state index contributed by atoms with van der Waals surface area (Å²) in [4.78, 5) is 14.2. The van der Waals surface area contributed by atoms with Crippen LogP contribution in [0.15, 0.2) is 22.7 Å². The van der Waals surface area contributed by atoms with Gasteiger partial charge in [0, 0.05) is 16.0 Å². The molecule has 0 spiro atoms. The number of methoxy groups -OCH3 is 1.